The third kappa shape index (κ3) is 3.84. The van der Waals surface area contributed by atoms with Crippen molar-refractivity contribution in [1.29, 1.82) is 0 Å². The van der Waals surface area contributed by atoms with E-state index in [1.54, 1.807) is 18.2 Å². The van der Waals surface area contributed by atoms with Gasteiger partial charge in [-0.15, -0.1) is 0 Å². The van der Waals surface area contributed by atoms with Crippen molar-refractivity contribution in [3.05, 3.63) is 34.3 Å². The van der Waals surface area contributed by atoms with Crippen molar-refractivity contribution < 1.29 is 22.3 Å². The molecule has 0 fully saturated rings. The van der Waals surface area contributed by atoms with Crippen LogP contribution in [0.1, 0.15) is 10.4 Å². The Hall–Kier alpha value is -1.28. The normalized spacial score (nSPS) is 13.9. The van der Waals surface area contributed by atoms with E-state index in [9.17, 15) is 18.0 Å². The number of rotatable bonds is 4. The summed E-state index contributed by atoms with van der Waals surface area (Å²) in [5, 5.41) is 0. The summed E-state index contributed by atoms with van der Waals surface area (Å²) in [7, 11) is 0. The average Bonchev–Trinajstić information content (AvgIpc) is 2.65. The van der Waals surface area contributed by atoms with Crippen LogP contribution in [0.15, 0.2) is 27.4 Å². The molecule has 0 aliphatic carbocycles. The van der Waals surface area contributed by atoms with E-state index in [0.29, 0.717) is 16.7 Å². The number of ether oxygens (including phenoxy) is 1. The summed E-state index contributed by atoms with van der Waals surface area (Å²) in [6.45, 7) is -1.43. The number of alkyl halides is 4. The molecule has 1 atom stereocenters. The number of hydrogen-bond donors (Lipinski definition) is 1. The van der Waals surface area contributed by atoms with Crippen molar-refractivity contribution in [1.82, 2.24) is 4.98 Å². The molecule has 19 heavy (non-hydrogen) atoms. The second-order valence-electron chi connectivity index (χ2n) is 3.87. The molecule has 1 N–H and O–H groups in total. The fraction of sp³-hybridized carbons (Fsp3) is 0.364. The zero-order chi connectivity index (χ0) is 14.0. The Morgan fingerprint density at radius 1 is 1.42 bits per heavy atom. The molecule has 1 aromatic heterocycles. The van der Waals surface area contributed by atoms with Gasteiger partial charge in [0, 0.05) is 0 Å². The van der Waals surface area contributed by atoms with Gasteiger partial charge in [0.05, 0.1) is 17.0 Å². The lowest BCUT2D eigenvalue weighted by Gasteiger charge is -2.12. The zero-order valence-electron chi connectivity index (χ0n) is 9.46. The van der Waals surface area contributed by atoms with Gasteiger partial charge < -0.3 is 9.15 Å². The Balaban J connectivity index is 2.04. The Kier molecular flexibility index (Phi) is 4.00. The minimum atomic E-state index is -4.34. The maximum atomic E-state index is 11.9. The first-order chi connectivity index (χ1) is 8.85. The van der Waals surface area contributed by atoms with Gasteiger partial charge in [-0.1, -0.05) is 22.0 Å². The lowest BCUT2D eigenvalue weighted by molar-refractivity contribution is -0.173. The minimum Gasteiger partial charge on any atom is -0.408 e. The summed E-state index contributed by atoms with van der Waals surface area (Å²) in [4.78, 5) is 13.0. The monoisotopic (exact) mass is 339 g/mol. The third-order valence-corrected chi connectivity index (χ3v) is 3.13. The predicted molar refractivity (Wildman–Crippen MR) is 65.4 cm³/mol. The van der Waals surface area contributed by atoms with Gasteiger partial charge in [0.25, 0.3) is 0 Å². The van der Waals surface area contributed by atoms with Gasteiger partial charge >= 0.3 is 11.9 Å². The largest absolute Gasteiger partial charge is 0.417 e. The molecule has 0 bridgehead atoms. The molecule has 0 aliphatic rings. The highest BCUT2D eigenvalue weighted by Crippen LogP contribution is 2.26. The van der Waals surface area contributed by atoms with E-state index in [1.807, 2.05) is 0 Å². The number of aromatic nitrogens is 1. The zero-order valence-corrected chi connectivity index (χ0v) is 11.0. The second kappa shape index (κ2) is 5.38. The molecule has 8 heteroatoms. The fourth-order valence-electron chi connectivity index (χ4n) is 1.53. The van der Waals surface area contributed by atoms with Crippen molar-refractivity contribution in [2.24, 2.45) is 0 Å². The van der Waals surface area contributed by atoms with E-state index in [4.69, 9.17) is 4.42 Å². The highest BCUT2D eigenvalue weighted by molar-refractivity contribution is 9.09. The third-order valence-electron chi connectivity index (χ3n) is 2.34. The number of aromatic amines is 1. The molecular formula is C11H9BrF3NO3. The van der Waals surface area contributed by atoms with Crippen LogP contribution in [0.2, 0.25) is 0 Å². The molecule has 1 aromatic carbocycles. The Morgan fingerprint density at radius 2 is 2.16 bits per heavy atom. The molecule has 1 heterocycles. The quantitative estimate of drug-likeness (QED) is 0.870. The Labute approximate surface area is 113 Å². The molecule has 0 saturated carbocycles. The first-order valence-corrected chi connectivity index (χ1v) is 6.18. The van der Waals surface area contributed by atoms with Gasteiger partial charge in [-0.2, -0.15) is 13.2 Å². The SMILES string of the molecule is O=c1[nH]c2ccc(C(Br)COCC(F)(F)F)cc2o1. The molecule has 4 nitrogen and oxygen atoms in total. The second-order valence-corrected chi connectivity index (χ2v) is 4.97. The van der Waals surface area contributed by atoms with Crippen LogP contribution in [0.5, 0.6) is 0 Å². The Bertz CT molecular complexity index is 619. The van der Waals surface area contributed by atoms with E-state index >= 15 is 0 Å². The molecule has 0 saturated heterocycles. The predicted octanol–water partition coefficient (Wildman–Crippen LogP) is 3.14. The van der Waals surface area contributed by atoms with E-state index in [-0.39, 0.29) is 6.61 Å². The summed E-state index contributed by atoms with van der Waals surface area (Å²) in [5.74, 6) is -0.577. The van der Waals surface area contributed by atoms with Crippen LogP contribution in [0.3, 0.4) is 0 Å². The van der Waals surface area contributed by atoms with Gasteiger partial charge in [-0.3, -0.25) is 4.98 Å². The van der Waals surface area contributed by atoms with Crippen LogP contribution >= 0.6 is 15.9 Å². The number of oxazole rings is 1. The number of benzene rings is 1. The molecule has 2 rings (SSSR count). The molecule has 0 radical (unpaired) electrons. The molecule has 2 aromatic rings. The van der Waals surface area contributed by atoms with Gasteiger partial charge in [-0.25, -0.2) is 4.79 Å². The number of H-pyrrole nitrogens is 1. The van der Waals surface area contributed by atoms with Crippen molar-refractivity contribution in [3.63, 3.8) is 0 Å². The van der Waals surface area contributed by atoms with Gasteiger partial charge in [0.1, 0.15) is 6.61 Å². The van der Waals surface area contributed by atoms with Crippen LogP contribution < -0.4 is 5.76 Å². The summed E-state index contributed by atoms with van der Waals surface area (Å²) >= 11 is 3.22. The molecule has 0 aliphatic heterocycles. The molecule has 104 valence electrons. The maximum absolute atomic E-state index is 11.9. The number of hydrogen-bond acceptors (Lipinski definition) is 3. The fourth-order valence-corrected chi connectivity index (χ4v) is 2.00. The minimum absolute atomic E-state index is 0.139. The van der Waals surface area contributed by atoms with Crippen LogP contribution in [0.4, 0.5) is 13.2 Å². The number of nitrogens with one attached hydrogen (secondary N) is 1. The highest BCUT2D eigenvalue weighted by Gasteiger charge is 2.27. The standard InChI is InChI=1S/C11H9BrF3NO3/c12-7(4-18-5-11(13,14)15)6-1-2-8-9(3-6)19-10(17)16-8/h1-3,7H,4-5H2,(H,16,17). The van der Waals surface area contributed by atoms with Crippen LogP contribution in [-0.4, -0.2) is 24.4 Å². The summed E-state index contributed by atoms with van der Waals surface area (Å²) in [5.41, 5.74) is 1.55. The van der Waals surface area contributed by atoms with Crippen molar-refractivity contribution in [2.75, 3.05) is 13.2 Å². The molecule has 0 amide bonds. The van der Waals surface area contributed by atoms with E-state index in [0.717, 1.165) is 0 Å². The molecule has 1 unspecified atom stereocenters. The van der Waals surface area contributed by atoms with Crippen LogP contribution in [0.25, 0.3) is 11.1 Å². The van der Waals surface area contributed by atoms with Gasteiger partial charge in [-0.05, 0) is 17.7 Å². The topological polar surface area (TPSA) is 55.2 Å². The first kappa shape index (κ1) is 14.1. The summed E-state index contributed by atoms with van der Waals surface area (Å²) < 4.78 is 45.2. The van der Waals surface area contributed by atoms with Crippen molar-refractivity contribution >= 4 is 27.0 Å². The van der Waals surface area contributed by atoms with Crippen molar-refractivity contribution in [2.45, 2.75) is 11.0 Å². The van der Waals surface area contributed by atoms with E-state index < -0.39 is 23.4 Å². The number of halogens is 4. The molecule has 0 spiro atoms. The maximum Gasteiger partial charge on any atom is 0.417 e. The Morgan fingerprint density at radius 3 is 2.84 bits per heavy atom. The van der Waals surface area contributed by atoms with Crippen LogP contribution in [0, 0.1) is 0 Å². The average molecular weight is 340 g/mol. The number of fused-ring (bicyclic) bond motifs is 1. The van der Waals surface area contributed by atoms with Crippen molar-refractivity contribution in [3.8, 4) is 0 Å². The van der Waals surface area contributed by atoms with E-state index in [2.05, 4.69) is 25.7 Å². The van der Waals surface area contributed by atoms with Gasteiger partial charge in [0.2, 0.25) is 0 Å². The smallest absolute Gasteiger partial charge is 0.408 e. The molecular weight excluding hydrogens is 331 g/mol. The summed E-state index contributed by atoms with van der Waals surface area (Å²) in [6, 6.07) is 4.86. The first-order valence-electron chi connectivity index (χ1n) is 5.26. The summed E-state index contributed by atoms with van der Waals surface area (Å²) in [6.07, 6.45) is -4.34. The lowest BCUT2D eigenvalue weighted by atomic mass is 10.1. The lowest BCUT2D eigenvalue weighted by Crippen LogP contribution is -2.18. The highest BCUT2D eigenvalue weighted by atomic mass is 79.9. The van der Waals surface area contributed by atoms with Crippen LogP contribution in [-0.2, 0) is 4.74 Å². The van der Waals surface area contributed by atoms with Gasteiger partial charge in [0.15, 0.2) is 5.58 Å². The van der Waals surface area contributed by atoms with E-state index in [1.165, 1.54) is 0 Å².